The number of aromatic nitrogens is 1. The maximum Gasteiger partial charge on any atom is 0.242 e. The second kappa shape index (κ2) is 5.97. The first-order chi connectivity index (χ1) is 9.78. The first-order valence-electron chi connectivity index (χ1n) is 7.49. The van der Waals surface area contributed by atoms with E-state index in [1.54, 1.807) is 0 Å². The second-order valence-corrected chi connectivity index (χ2v) is 5.64. The van der Waals surface area contributed by atoms with E-state index >= 15 is 0 Å². The summed E-state index contributed by atoms with van der Waals surface area (Å²) in [5.41, 5.74) is 2.76. The van der Waals surface area contributed by atoms with Crippen molar-refractivity contribution in [3.63, 3.8) is 0 Å². The molecular weight excluding hydrogens is 254 g/mol. The molecule has 1 atom stereocenters. The molecular formula is C15H23N3O2. The van der Waals surface area contributed by atoms with Crippen LogP contribution >= 0.6 is 0 Å². The third-order valence-corrected chi connectivity index (χ3v) is 4.34. The van der Waals surface area contributed by atoms with E-state index in [0.717, 1.165) is 19.5 Å². The van der Waals surface area contributed by atoms with Gasteiger partial charge in [0.15, 0.2) is 0 Å². The quantitative estimate of drug-likeness (QED) is 0.894. The van der Waals surface area contributed by atoms with Crippen LogP contribution in [0.15, 0.2) is 12.4 Å². The molecule has 1 amide bonds. The van der Waals surface area contributed by atoms with Gasteiger partial charge in [-0.15, -0.1) is 0 Å². The number of amides is 1. The summed E-state index contributed by atoms with van der Waals surface area (Å²) < 4.78 is 7.34. The van der Waals surface area contributed by atoms with E-state index in [2.05, 4.69) is 22.3 Å². The van der Waals surface area contributed by atoms with Crippen molar-refractivity contribution in [3.05, 3.63) is 23.5 Å². The number of morpholine rings is 1. The van der Waals surface area contributed by atoms with Gasteiger partial charge < -0.3 is 19.5 Å². The van der Waals surface area contributed by atoms with E-state index in [1.165, 1.54) is 24.0 Å². The first kappa shape index (κ1) is 13.6. The van der Waals surface area contributed by atoms with E-state index < -0.39 is 0 Å². The molecule has 20 heavy (non-hydrogen) atoms. The van der Waals surface area contributed by atoms with Gasteiger partial charge in [-0.3, -0.25) is 4.79 Å². The highest BCUT2D eigenvalue weighted by Crippen LogP contribution is 2.30. The molecule has 2 heterocycles. The first-order valence-corrected chi connectivity index (χ1v) is 7.49. The second-order valence-electron chi connectivity index (χ2n) is 5.64. The molecule has 1 fully saturated rings. The molecule has 1 aliphatic heterocycles. The van der Waals surface area contributed by atoms with Crippen LogP contribution in [0.4, 0.5) is 0 Å². The number of hydrogen-bond donors (Lipinski definition) is 1. The van der Waals surface area contributed by atoms with Gasteiger partial charge in [0.05, 0.1) is 13.2 Å². The molecule has 2 aliphatic rings. The number of hydrogen-bond acceptors (Lipinski definition) is 3. The molecule has 1 aromatic rings. The number of nitrogens with one attached hydrogen (secondary N) is 1. The van der Waals surface area contributed by atoms with Gasteiger partial charge >= 0.3 is 0 Å². The number of nitrogens with zero attached hydrogens (tertiary/aromatic N) is 2. The largest absolute Gasteiger partial charge is 0.378 e. The van der Waals surface area contributed by atoms with E-state index in [0.29, 0.717) is 25.8 Å². The number of fused-ring (bicyclic) bond motifs is 1. The zero-order valence-corrected chi connectivity index (χ0v) is 12.1. The Balaban J connectivity index is 1.68. The van der Waals surface area contributed by atoms with Crippen molar-refractivity contribution in [2.24, 2.45) is 0 Å². The standard InChI is InChI=1S/C15H23N3O2/c1-16-14-4-2-3-12-9-17(10-13(12)14)11-15(19)18-5-7-20-8-6-18/h9-10,14,16H,2-8,11H2,1H3. The zero-order chi connectivity index (χ0) is 13.9. The Kier molecular flexibility index (Phi) is 4.08. The van der Waals surface area contributed by atoms with Gasteiger partial charge in [0.25, 0.3) is 0 Å². The van der Waals surface area contributed by atoms with Crippen LogP contribution in [-0.4, -0.2) is 48.7 Å². The van der Waals surface area contributed by atoms with Crippen LogP contribution in [0.25, 0.3) is 0 Å². The van der Waals surface area contributed by atoms with Crippen LogP contribution in [0.3, 0.4) is 0 Å². The predicted molar refractivity (Wildman–Crippen MR) is 76.6 cm³/mol. The van der Waals surface area contributed by atoms with E-state index in [4.69, 9.17) is 4.74 Å². The van der Waals surface area contributed by atoms with E-state index in [1.807, 2.05) is 11.9 Å². The highest BCUT2D eigenvalue weighted by atomic mass is 16.5. The summed E-state index contributed by atoms with van der Waals surface area (Å²) in [6, 6.07) is 0.443. The molecule has 1 unspecified atom stereocenters. The van der Waals surface area contributed by atoms with E-state index in [-0.39, 0.29) is 5.91 Å². The molecule has 0 radical (unpaired) electrons. The molecule has 5 heteroatoms. The molecule has 0 bridgehead atoms. The Bertz CT molecular complexity index is 477. The number of rotatable bonds is 3. The number of aryl methyl sites for hydroxylation is 1. The highest BCUT2D eigenvalue weighted by molar-refractivity contribution is 5.76. The lowest BCUT2D eigenvalue weighted by Crippen LogP contribution is -2.42. The summed E-state index contributed by atoms with van der Waals surface area (Å²) >= 11 is 0. The summed E-state index contributed by atoms with van der Waals surface area (Å²) in [7, 11) is 2.01. The Morgan fingerprint density at radius 2 is 2.20 bits per heavy atom. The fourth-order valence-corrected chi connectivity index (χ4v) is 3.21. The van der Waals surface area contributed by atoms with Crippen molar-refractivity contribution in [2.75, 3.05) is 33.4 Å². The molecule has 1 aromatic heterocycles. The van der Waals surface area contributed by atoms with Crippen molar-refractivity contribution < 1.29 is 9.53 Å². The number of carbonyl (C=O) groups excluding carboxylic acids is 1. The summed E-state index contributed by atoms with van der Waals surface area (Å²) in [5, 5.41) is 3.36. The Hall–Kier alpha value is -1.33. The fraction of sp³-hybridized carbons (Fsp3) is 0.667. The average Bonchev–Trinajstić information content (AvgIpc) is 2.90. The number of carbonyl (C=O) groups is 1. The zero-order valence-electron chi connectivity index (χ0n) is 12.1. The van der Waals surface area contributed by atoms with Crippen LogP contribution in [0, 0.1) is 0 Å². The lowest BCUT2D eigenvalue weighted by molar-refractivity contribution is -0.135. The molecule has 5 nitrogen and oxygen atoms in total. The summed E-state index contributed by atoms with van der Waals surface area (Å²) in [6.07, 6.45) is 7.84. The van der Waals surface area contributed by atoms with Gasteiger partial charge in [0.2, 0.25) is 5.91 Å². The van der Waals surface area contributed by atoms with Gasteiger partial charge in [-0.05, 0) is 37.4 Å². The minimum atomic E-state index is 0.196. The van der Waals surface area contributed by atoms with Crippen LogP contribution < -0.4 is 5.32 Å². The van der Waals surface area contributed by atoms with E-state index in [9.17, 15) is 4.79 Å². The van der Waals surface area contributed by atoms with Gasteiger partial charge in [0, 0.05) is 31.5 Å². The molecule has 0 saturated carbocycles. The van der Waals surface area contributed by atoms with Crippen LogP contribution in [0.5, 0.6) is 0 Å². The normalized spacial score (nSPS) is 22.6. The minimum Gasteiger partial charge on any atom is -0.378 e. The summed E-state index contributed by atoms with van der Waals surface area (Å²) in [6.45, 7) is 3.22. The van der Waals surface area contributed by atoms with Crippen molar-refractivity contribution in [3.8, 4) is 0 Å². The molecule has 1 N–H and O–H groups in total. The lowest BCUT2D eigenvalue weighted by atomic mass is 9.91. The third kappa shape index (κ3) is 2.74. The Morgan fingerprint density at radius 3 is 2.95 bits per heavy atom. The van der Waals surface area contributed by atoms with Crippen LogP contribution in [0.2, 0.25) is 0 Å². The Labute approximate surface area is 119 Å². The molecule has 0 spiro atoms. The number of ether oxygens (including phenoxy) is 1. The van der Waals surface area contributed by atoms with Gasteiger partial charge in [-0.1, -0.05) is 0 Å². The van der Waals surface area contributed by atoms with Gasteiger partial charge in [0.1, 0.15) is 6.54 Å². The third-order valence-electron chi connectivity index (χ3n) is 4.34. The fourth-order valence-electron chi connectivity index (χ4n) is 3.21. The molecule has 110 valence electrons. The molecule has 0 aromatic carbocycles. The van der Waals surface area contributed by atoms with Gasteiger partial charge in [-0.2, -0.15) is 0 Å². The highest BCUT2D eigenvalue weighted by Gasteiger charge is 2.22. The smallest absolute Gasteiger partial charge is 0.242 e. The predicted octanol–water partition coefficient (Wildman–Crippen LogP) is 0.944. The monoisotopic (exact) mass is 277 g/mol. The van der Waals surface area contributed by atoms with Crippen LogP contribution in [-0.2, 0) is 22.5 Å². The van der Waals surface area contributed by atoms with Crippen LogP contribution in [0.1, 0.15) is 30.0 Å². The topological polar surface area (TPSA) is 46.5 Å². The van der Waals surface area contributed by atoms with Gasteiger partial charge in [-0.25, -0.2) is 0 Å². The molecule has 1 saturated heterocycles. The minimum absolute atomic E-state index is 0.196. The SMILES string of the molecule is CNC1CCCc2cn(CC(=O)N3CCOCC3)cc21. The molecule has 1 aliphatic carbocycles. The lowest BCUT2D eigenvalue weighted by Gasteiger charge is -2.27. The van der Waals surface area contributed by atoms with Crippen molar-refractivity contribution in [2.45, 2.75) is 31.8 Å². The van der Waals surface area contributed by atoms with Crippen molar-refractivity contribution >= 4 is 5.91 Å². The average molecular weight is 277 g/mol. The maximum absolute atomic E-state index is 12.3. The summed E-state index contributed by atoms with van der Waals surface area (Å²) in [5.74, 6) is 0.196. The molecule has 3 rings (SSSR count). The summed E-state index contributed by atoms with van der Waals surface area (Å²) in [4.78, 5) is 14.2. The Morgan fingerprint density at radius 1 is 1.40 bits per heavy atom. The van der Waals surface area contributed by atoms with Crippen molar-refractivity contribution in [1.29, 1.82) is 0 Å². The van der Waals surface area contributed by atoms with Crippen molar-refractivity contribution in [1.82, 2.24) is 14.8 Å². The maximum atomic E-state index is 12.3.